The lowest BCUT2D eigenvalue weighted by Crippen LogP contribution is -2.23. The quantitative estimate of drug-likeness (QED) is 0.334. The number of nitrogens with one attached hydrogen (secondary N) is 1. The fourth-order valence-corrected chi connectivity index (χ4v) is 2.34. The number of nitrogens with zero attached hydrogens (tertiary/aromatic N) is 2. The molecule has 0 amide bonds. The monoisotopic (exact) mass is 361 g/mol. The third-order valence-electron chi connectivity index (χ3n) is 3.98. The van der Waals surface area contributed by atoms with Crippen molar-refractivity contribution in [2.24, 2.45) is 5.92 Å². The Hall–Kier alpha value is -3.07. The van der Waals surface area contributed by atoms with Crippen molar-refractivity contribution < 1.29 is 24.4 Å². The highest BCUT2D eigenvalue weighted by atomic mass is 16.6. The molecule has 26 heavy (non-hydrogen) atoms. The number of aliphatic hydroxyl groups excluding tert-OH is 1. The first kappa shape index (κ1) is 19.3. The molecule has 2 aromatic rings. The minimum Gasteiger partial charge on any atom is -0.461 e. The van der Waals surface area contributed by atoms with Gasteiger partial charge in [-0.15, -0.1) is 0 Å². The van der Waals surface area contributed by atoms with Crippen LogP contribution in [0.3, 0.4) is 0 Å². The number of ketones is 1. The van der Waals surface area contributed by atoms with Crippen molar-refractivity contribution >= 4 is 17.4 Å². The molecule has 0 aliphatic carbocycles. The summed E-state index contributed by atoms with van der Waals surface area (Å²) in [6, 6.07) is 5.39. The van der Waals surface area contributed by atoms with Crippen LogP contribution in [0.25, 0.3) is 11.1 Å². The molecule has 9 heteroatoms. The number of aromatic nitrogens is 2. The second-order valence-corrected chi connectivity index (χ2v) is 5.74. The van der Waals surface area contributed by atoms with E-state index in [1.54, 1.807) is 13.8 Å². The van der Waals surface area contributed by atoms with Gasteiger partial charge in [0.25, 0.3) is 5.69 Å². The lowest BCUT2D eigenvalue weighted by Gasteiger charge is -2.13. The SMILES string of the molecule is CCOC(=O)c1[nH]nc(C(=O)C(C)C(C)O)c1-c1ccc([N+](=O)[O-])cc1. The van der Waals surface area contributed by atoms with E-state index in [1.807, 2.05) is 0 Å². The first-order chi connectivity index (χ1) is 12.3. The Morgan fingerprint density at radius 1 is 1.31 bits per heavy atom. The van der Waals surface area contributed by atoms with E-state index in [2.05, 4.69) is 10.2 Å². The van der Waals surface area contributed by atoms with Gasteiger partial charge in [0, 0.05) is 23.6 Å². The molecule has 1 aromatic heterocycles. The van der Waals surface area contributed by atoms with Crippen LogP contribution in [0, 0.1) is 16.0 Å². The zero-order valence-corrected chi connectivity index (χ0v) is 14.6. The van der Waals surface area contributed by atoms with Crippen LogP contribution in [0.15, 0.2) is 24.3 Å². The second kappa shape index (κ2) is 7.87. The van der Waals surface area contributed by atoms with Crippen molar-refractivity contribution in [3.05, 3.63) is 45.8 Å². The van der Waals surface area contributed by atoms with E-state index in [4.69, 9.17) is 4.74 Å². The van der Waals surface area contributed by atoms with Gasteiger partial charge in [-0.3, -0.25) is 20.0 Å². The van der Waals surface area contributed by atoms with Gasteiger partial charge in [0.1, 0.15) is 5.69 Å². The summed E-state index contributed by atoms with van der Waals surface area (Å²) in [5.41, 5.74) is 0.404. The van der Waals surface area contributed by atoms with Crippen molar-refractivity contribution in [3.8, 4) is 11.1 Å². The summed E-state index contributed by atoms with van der Waals surface area (Å²) in [7, 11) is 0. The lowest BCUT2D eigenvalue weighted by atomic mass is 9.93. The number of Topliss-reactive ketones (excluding diaryl/α,β-unsaturated/α-hetero) is 1. The minimum atomic E-state index is -0.907. The molecule has 9 nitrogen and oxygen atoms in total. The van der Waals surface area contributed by atoms with Crippen LogP contribution in [-0.4, -0.2) is 44.7 Å². The number of aliphatic hydroxyl groups is 1. The van der Waals surface area contributed by atoms with Gasteiger partial charge < -0.3 is 9.84 Å². The Bertz CT molecular complexity index is 826. The smallest absolute Gasteiger partial charge is 0.357 e. The number of aromatic amines is 1. The molecule has 0 saturated heterocycles. The molecule has 0 saturated carbocycles. The third-order valence-corrected chi connectivity index (χ3v) is 3.98. The summed E-state index contributed by atoms with van der Waals surface area (Å²) < 4.78 is 4.97. The van der Waals surface area contributed by atoms with Gasteiger partial charge in [0.05, 0.1) is 17.6 Å². The van der Waals surface area contributed by atoms with E-state index in [0.717, 1.165) is 0 Å². The van der Waals surface area contributed by atoms with Crippen molar-refractivity contribution in [2.45, 2.75) is 26.9 Å². The van der Waals surface area contributed by atoms with E-state index >= 15 is 0 Å². The molecular formula is C17H19N3O6. The molecule has 138 valence electrons. The second-order valence-electron chi connectivity index (χ2n) is 5.74. The Morgan fingerprint density at radius 2 is 1.92 bits per heavy atom. The number of ether oxygens (including phenoxy) is 1. The molecule has 2 N–H and O–H groups in total. The van der Waals surface area contributed by atoms with Crippen LogP contribution in [0.1, 0.15) is 41.7 Å². The largest absolute Gasteiger partial charge is 0.461 e. The van der Waals surface area contributed by atoms with Gasteiger partial charge in [-0.2, -0.15) is 5.10 Å². The zero-order chi connectivity index (χ0) is 19.4. The fraction of sp³-hybridized carbons (Fsp3) is 0.353. The summed E-state index contributed by atoms with van der Waals surface area (Å²) in [5.74, 6) is -1.90. The predicted molar refractivity (Wildman–Crippen MR) is 91.8 cm³/mol. The zero-order valence-electron chi connectivity index (χ0n) is 14.6. The highest BCUT2D eigenvalue weighted by Crippen LogP contribution is 2.30. The molecule has 2 atom stereocenters. The first-order valence-electron chi connectivity index (χ1n) is 8.00. The van der Waals surface area contributed by atoms with Gasteiger partial charge >= 0.3 is 5.97 Å². The topological polar surface area (TPSA) is 135 Å². The number of nitro benzene ring substituents is 1. The van der Waals surface area contributed by atoms with Gasteiger partial charge in [-0.1, -0.05) is 6.92 Å². The number of H-pyrrole nitrogens is 1. The maximum absolute atomic E-state index is 12.6. The molecule has 1 aromatic carbocycles. The van der Waals surface area contributed by atoms with E-state index < -0.39 is 28.7 Å². The van der Waals surface area contributed by atoms with Gasteiger partial charge in [-0.05, 0) is 31.5 Å². The van der Waals surface area contributed by atoms with Gasteiger partial charge in [0.15, 0.2) is 11.5 Å². The summed E-state index contributed by atoms with van der Waals surface area (Å²) in [4.78, 5) is 35.1. The number of carbonyl (C=O) groups is 2. The lowest BCUT2D eigenvalue weighted by molar-refractivity contribution is -0.384. The average Bonchev–Trinajstić information content (AvgIpc) is 3.05. The molecule has 0 bridgehead atoms. The Kier molecular flexibility index (Phi) is 5.83. The standard InChI is InChI=1S/C17H19N3O6/c1-4-26-17(23)15-13(11-5-7-12(8-6-11)20(24)25)14(18-19-15)16(22)9(2)10(3)21/h5-10,21H,4H2,1-3H3,(H,18,19). The van der Waals surface area contributed by atoms with E-state index in [-0.39, 0.29) is 29.2 Å². The van der Waals surface area contributed by atoms with E-state index in [1.165, 1.54) is 31.2 Å². The van der Waals surface area contributed by atoms with Crippen LogP contribution in [0.2, 0.25) is 0 Å². The predicted octanol–water partition coefficient (Wildman–Crippen LogP) is 2.36. The molecule has 1 heterocycles. The van der Waals surface area contributed by atoms with Crippen molar-refractivity contribution in [1.82, 2.24) is 10.2 Å². The number of hydrogen-bond acceptors (Lipinski definition) is 7. The molecular weight excluding hydrogens is 342 g/mol. The number of hydrogen-bond donors (Lipinski definition) is 2. The number of non-ortho nitro benzene ring substituents is 1. The fourth-order valence-electron chi connectivity index (χ4n) is 2.34. The molecule has 0 aliphatic heterocycles. The number of rotatable bonds is 7. The van der Waals surface area contributed by atoms with Crippen LogP contribution in [0.4, 0.5) is 5.69 Å². The Labute approximate surface area is 149 Å². The summed E-state index contributed by atoms with van der Waals surface area (Å²) in [6.45, 7) is 4.80. The third kappa shape index (κ3) is 3.77. The van der Waals surface area contributed by atoms with E-state index in [0.29, 0.717) is 5.56 Å². The first-order valence-corrected chi connectivity index (χ1v) is 8.00. The van der Waals surface area contributed by atoms with Crippen LogP contribution >= 0.6 is 0 Å². The van der Waals surface area contributed by atoms with Crippen LogP contribution < -0.4 is 0 Å². The van der Waals surface area contributed by atoms with Gasteiger partial charge in [0.2, 0.25) is 0 Å². The van der Waals surface area contributed by atoms with E-state index in [9.17, 15) is 24.8 Å². The molecule has 0 spiro atoms. The van der Waals surface area contributed by atoms with Crippen molar-refractivity contribution in [3.63, 3.8) is 0 Å². The van der Waals surface area contributed by atoms with Crippen molar-refractivity contribution in [2.75, 3.05) is 6.61 Å². The van der Waals surface area contributed by atoms with Crippen LogP contribution in [-0.2, 0) is 4.74 Å². The summed E-state index contributed by atoms with van der Waals surface area (Å²) >= 11 is 0. The Balaban J connectivity index is 2.59. The Morgan fingerprint density at radius 3 is 2.42 bits per heavy atom. The minimum absolute atomic E-state index is 0.0261. The number of nitro groups is 1. The molecule has 0 radical (unpaired) electrons. The van der Waals surface area contributed by atoms with Crippen LogP contribution in [0.5, 0.6) is 0 Å². The number of carbonyl (C=O) groups excluding carboxylic acids is 2. The highest BCUT2D eigenvalue weighted by molar-refractivity contribution is 6.07. The molecule has 0 fully saturated rings. The van der Waals surface area contributed by atoms with Crippen molar-refractivity contribution in [1.29, 1.82) is 0 Å². The highest BCUT2D eigenvalue weighted by Gasteiger charge is 2.30. The maximum atomic E-state index is 12.6. The number of benzene rings is 1. The normalized spacial score (nSPS) is 13.1. The molecule has 2 rings (SSSR count). The maximum Gasteiger partial charge on any atom is 0.357 e. The average molecular weight is 361 g/mol. The summed E-state index contributed by atoms with van der Waals surface area (Å²) in [5, 5.41) is 27.0. The molecule has 0 aliphatic rings. The van der Waals surface area contributed by atoms with Gasteiger partial charge in [-0.25, -0.2) is 4.79 Å². The molecule has 2 unspecified atom stereocenters. The summed E-state index contributed by atoms with van der Waals surface area (Å²) in [6.07, 6.45) is -0.907. The number of esters is 1.